The number of anilines is 1. The van der Waals surface area contributed by atoms with Crippen molar-refractivity contribution in [3.05, 3.63) is 53.7 Å². The average Bonchev–Trinajstić information content (AvgIpc) is 2.62. The number of hydrogen-bond acceptors (Lipinski definition) is 4. The van der Waals surface area contributed by atoms with Gasteiger partial charge in [-0.05, 0) is 25.3 Å². The van der Waals surface area contributed by atoms with Crippen LogP contribution in [0.4, 0.5) is 10.2 Å². The summed E-state index contributed by atoms with van der Waals surface area (Å²) in [6.07, 6.45) is 6.67. The first-order valence-corrected chi connectivity index (χ1v) is 7.82. The molecule has 120 valence electrons. The van der Waals surface area contributed by atoms with E-state index >= 15 is 0 Å². The van der Waals surface area contributed by atoms with E-state index in [1.54, 1.807) is 24.4 Å². The lowest BCUT2D eigenvalue weighted by atomic mass is 10.1. The van der Waals surface area contributed by atoms with Crippen LogP contribution in [0.25, 0.3) is 0 Å². The molecular formula is C17H19FN4O. The van der Waals surface area contributed by atoms with Gasteiger partial charge in [-0.25, -0.2) is 14.4 Å². The molecule has 5 nitrogen and oxygen atoms in total. The monoisotopic (exact) mass is 314 g/mol. The van der Waals surface area contributed by atoms with Gasteiger partial charge in [-0.1, -0.05) is 18.2 Å². The maximum absolute atomic E-state index is 13.5. The molecule has 23 heavy (non-hydrogen) atoms. The average molecular weight is 314 g/mol. The second-order valence-electron chi connectivity index (χ2n) is 5.58. The summed E-state index contributed by atoms with van der Waals surface area (Å²) in [6, 6.07) is 6.36. The predicted octanol–water partition coefficient (Wildman–Crippen LogP) is 2.54. The van der Waals surface area contributed by atoms with E-state index in [9.17, 15) is 9.18 Å². The summed E-state index contributed by atoms with van der Waals surface area (Å²) in [4.78, 5) is 22.7. The fraction of sp³-hybridized carbons (Fsp3) is 0.353. The summed E-state index contributed by atoms with van der Waals surface area (Å²) in [7, 11) is 0. The molecule has 1 fully saturated rings. The van der Waals surface area contributed by atoms with Gasteiger partial charge in [0.15, 0.2) is 0 Å². The maximum Gasteiger partial charge on any atom is 0.271 e. The van der Waals surface area contributed by atoms with E-state index in [1.165, 1.54) is 18.7 Å². The number of nitrogens with one attached hydrogen (secondary N) is 1. The molecule has 0 aliphatic carbocycles. The largest absolute Gasteiger partial charge is 0.355 e. The van der Waals surface area contributed by atoms with E-state index in [4.69, 9.17) is 0 Å². The molecule has 1 aliphatic rings. The lowest BCUT2D eigenvalue weighted by Gasteiger charge is -2.27. The molecule has 0 spiro atoms. The van der Waals surface area contributed by atoms with Crippen molar-refractivity contribution in [2.45, 2.75) is 25.8 Å². The molecule has 0 unspecified atom stereocenters. The highest BCUT2D eigenvalue weighted by atomic mass is 19.1. The molecule has 1 aromatic carbocycles. The van der Waals surface area contributed by atoms with E-state index in [0.717, 1.165) is 31.7 Å². The molecule has 0 radical (unpaired) electrons. The highest BCUT2D eigenvalue weighted by molar-refractivity contribution is 5.91. The number of aromatic nitrogens is 2. The Morgan fingerprint density at radius 1 is 1.13 bits per heavy atom. The fourth-order valence-corrected chi connectivity index (χ4v) is 2.63. The number of carbonyl (C=O) groups excluding carboxylic acids is 1. The van der Waals surface area contributed by atoms with Crippen LogP contribution in [0.1, 0.15) is 35.3 Å². The van der Waals surface area contributed by atoms with Crippen LogP contribution in [0.5, 0.6) is 0 Å². The zero-order chi connectivity index (χ0) is 16.1. The molecule has 1 N–H and O–H groups in total. The maximum atomic E-state index is 13.5. The number of rotatable bonds is 4. The SMILES string of the molecule is O=C(NCc1ccccc1F)c1cnc(N2CCCCC2)cn1. The van der Waals surface area contributed by atoms with Crippen molar-refractivity contribution in [2.75, 3.05) is 18.0 Å². The summed E-state index contributed by atoms with van der Waals surface area (Å²) in [6.45, 7) is 2.09. The Bertz CT molecular complexity index is 669. The topological polar surface area (TPSA) is 58.1 Å². The van der Waals surface area contributed by atoms with Crippen molar-refractivity contribution in [2.24, 2.45) is 0 Å². The van der Waals surface area contributed by atoms with Gasteiger partial charge >= 0.3 is 0 Å². The molecule has 1 saturated heterocycles. The summed E-state index contributed by atoms with van der Waals surface area (Å²) >= 11 is 0. The van der Waals surface area contributed by atoms with Gasteiger partial charge in [0.25, 0.3) is 5.91 Å². The van der Waals surface area contributed by atoms with Gasteiger partial charge in [0.05, 0.1) is 12.4 Å². The van der Waals surface area contributed by atoms with Gasteiger partial charge < -0.3 is 10.2 Å². The summed E-state index contributed by atoms with van der Waals surface area (Å²) in [5, 5.41) is 2.66. The van der Waals surface area contributed by atoms with Crippen molar-refractivity contribution in [1.82, 2.24) is 15.3 Å². The Morgan fingerprint density at radius 3 is 2.61 bits per heavy atom. The number of hydrogen-bond donors (Lipinski definition) is 1. The first-order valence-electron chi connectivity index (χ1n) is 7.82. The molecule has 2 heterocycles. The van der Waals surface area contributed by atoms with Crippen molar-refractivity contribution >= 4 is 11.7 Å². The molecule has 1 aliphatic heterocycles. The Morgan fingerprint density at radius 2 is 1.91 bits per heavy atom. The summed E-state index contributed by atoms with van der Waals surface area (Å²) in [5.74, 6) is 0.112. The van der Waals surface area contributed by atoms with E-state index in [2.05, 4.69) is 20.2 Å². The molecule has 0 atom stereocenters. The number of carbonyl (C=O) groups is 1. The van der Waals surface area contributed by atoms with Crippen LogP contribution in [0, 0.1) is 5.82 Å². The minimum atomic E-state index is -0.356. The van der Waals surface area contributed by atoms with E-state index < -0.39 is 0 Å². The van der Waals surface area contributed by atoms with Crippen LogP contribution >= 0.6 is 0 Å². The lowest BCUT2D eigenvalue weighted by molar-refractivity contribution is 0.0945. The molecule has 1 amide bonds. The van der Waals surface area contributed by atoms with Gasteiger partial charge in [-0.2, -0.15) is 0 Å². The first-order chi connectivity index (χ1) is 11.2. The van der Waals surface area contributed by atoms with Gasteiger partial charge in [0.2, 0.25) is 0 Å². The van der Waals surface area contributed by atoms with Gasteiger partial charge in [-0.15, -0.1) is 0 Å². The Labute approximate surface area is 134 Å². The van der Waals surface area contributed by atoms with Gasteiger partial charge in [0, 0.05) is 25.2 Å². The van der Waals surface area contributed by atoms with Crippen molar-refractivity contribution in [3.63, 3.8) is 0 Å². The second-order valence-corrected chi connectivity index (χ2v) is 5.58. The summed E-state index contributed by atoms with van der Waals surface area (Å²) < 4.78 is 13.5. The third-order valence-electron chi connectivity index (χ3n) is 3.95. The standard InChI is InChI=1S/C17H19FN4O/c18-14-7-3-2-6-13(14)10-21-17(23)15-11-20-16(12-19-15)22-8-4-1-5-9-22/h2-3,6-7,11-12H,1,4-5,8-10H2,(H,21,23). The predicted molar refractivity (Wildman–Crippen MR) is 85.7 cm³/mol. The molecular weight excluding hydrogens is 295 g/mol. The molecule has 0 saturated carbocycles. The van der Waals surface area contributed by atoms with Crippen LogP contribution < -0.4 is 10.2 Å². The lowest BCUT2D eigenvalue weighted by Crippen LogP contribution is -2.30. The Kier molecular flexibility index (Phi) is 4.80. The van der Waals surface area contributed by atoms with Crippen LogP contribution in [-0.4, -0.2) is 29.0 Å². The first kappa shape index (κ1) is 15.4. The summed E-state index contributed by atoms with van der Waals surface area (Å²) in [5.41, 5.74) is 0.681. The number of benzene rings is 1. The zero-order valence-electron chi connectivity index (χ0n) is 12.8. The molecule has 2 aromatic rings. The number of nitrogens with zero attached hydrogens (tertiary/aromatic N) is 3. The van der Waals surface area contributed by atoms with E-state index in [-0.39, 0.29) is 24.0 Å². The highest BCUT2D eigenvalue weighted by Gasteiger charge is 2.14. The van der Waals surface area contributed by atoms with Crippen LogP contribution in [0.3, 0.4) is 0 Å². The molecule has 1 aromatic heterocycles. The quantitative estimate of drug-likeness (QED) is 0.942. The highest BCUT2D eigenvalue weighted by Crippen LogP contribution is 2.16. The van der Waals surface area contributed by atoms with Crippen LogP contribution in [0.15, 0.2) is 36.7 Å². The van der Waals surface area contributed by atoms with Crippen molar-refractivity contribution in [1.29, 1.82) is 0 Å². The molecule has 3 rings (SSSR count). The fourth-order valence-electron chi connectivity index (χ4n) is 2.63. The molecule has 0 bridgehead atoms. The van der Waals surface area contributed by atoms with Crippen molar-refractivity contribution < 1.29 is 9.18 Å². The van der Waals surface area contributed by atoms with Crippen LogP contribution in [-0.2, 0) is 6.54 Å². The minimum Gasteiger partial charge on any atom is -0.355 e. The third kappa shape index (κ3) is 3.83. The molecule has 6 heteroatoms. The van der Waals surface area contributed by atoms with Crippen LogP contribution in [0.2, 0.25) is 0 Å². The Balaban J connectivity index is 1.60. The van der Waals surface area contributed by atoms with E-state index in [0.29, 0.717) is 5.56 Å². The number of amides is 1. The minimum absolute atomic E-state index is 0.126. The Hall–Kier alpha value is -2.50. The zero-order valence-corrected chi connectivity index (χ0v) is 12.8. The van der Waals surface area contributed by atoms with Gasteiger partial charge in [0.1, 0.15) is 17.3 Å². The second kappa shape index (κ2) is 7.17. The number of piperidine rings is 1. The smallest absolute Gasteiger partial charge is 0.271 e. The van der Waals surface area contributed by atoms with Crippen molar-refractivity contribution in [3.8, 4) is 0 Å². The normalized spacial score (nSPS) is 14.6. The number of halogens is 1. The van der Waals surface area contributed by atoms with E-state index in [1.807, 2.05) is 0 Å². The third-order valence-corrected chi connectivity index (χ3v) is 3.95. The van der Waals surface area contributed by atoms with Gasteiger partial charge in [-0.3, -0.25) is 4.79 Å².